The molecular weight excluding hydrogens is 157 g/mol. The summed E-state index contributed by atoms with van der Waals surface area (Å²) in [5.41, 5.74) is 3.61. The molecule has 64 valence electrons. The van der Waals surface area contributed by atoms with Crippen molar-refractivity contribution in [2.75, 3.05) is 0 Å². The van der Waals surface area contributed by atoms with Gasteiger partial charge in [-0.15, -0.1) is 0 Å². The molecule has 13 heavy (non-hydrogen) atoms. The molecule has 0 spiro atoms. The lowest BCUT2D eigenvalue weighted by Crippen LogP contribution is -2.26. The van der Waals surface area contributed by atoms with Gasteiger partial charge in [-0.1, -0.05) is 37.8 Å². The minimum absolute atomic E-state index is 0.0416. The standard InChI is InChI=1S/C11H12BN/c1-8-11-6-4-3-5-10(11)7-13(8)9(2)12/h3-6,9H,1,7H2,2H3. The number of hydrogen-bond donors (Lipinski definition) is 0. The summed E-state index contributed by atoms with van der Waals surface area (Å²) in [5, 5.41) is 0. The normalized spacial score (nSPS) is 17.3. The smallest absolute Gasteiger partial charge is 0.0986 e. The van der Waals surface area contributed by atoms with Gasteiger partial charge >= 0.3 is 0 Å². The Morgan fingerprint density at radius 1 is 1.46 bits per heavy atom. The van der Waals surface area contributed by atoms with E-state index in [4.69, 9.17) is 7.85 Å². The van der Waals surface area contributed by atoms with Crippen molar-refractivity contribution >= 4 is 13.5 Å². The van der Waals surface area contributed by atoms with Crippen molar-refractivity contribution < 1.29 is 0 Å². The molecular formula is C11H12BN. The molecule has 1 atom stereocenters. The number of hydrogen-bond acceptors (Lipinski definition) is 1. The van der Waals surface area contributed by atoms with E-state index in [-0.39, 0.29) is 5.94 Å². The Hall–Kier alpha value is -1.18. The van der Waals surface area contributed by atoms with Gasteiger partial charge in [0.15, 0.2) is 0 Å². The first-order valence-electron chi connectivity index (χ1n) is 4.49. The van der Waals surface area contributed by atoms with Crippen LogP contribution in [0.4, 0.5) is 0 Å². The van der Waals surface area contributed by atoms with E-state index in [1.807, 2.05) is 13.0 Å². The van der Waals surface area contributed by atoms with Crippen molar-refractivity contribution in [1.82, 2.24) is 4.90 Å². The van der Waals surface area contributed by atoms with Crippen LogP contribution < -0.4 is 0 Å². The van der Waals surface area contributed by atoms with Crippen LogP contribution in [-0.4, -0.2) is 18.7 Å². The monoisotopic (exact) mass is 169 g/mol. The lowest BCUT2D eigenvalue weighted by Gasteiger charge is -2.24. The summed E-state index contributed by atoms with van der Waals surface area (Å²) in [6.07, 6.45) is 0. The molecule has 2 radical (unpaired) electrons. The SMILES string of the molecule is [B]C(C)N1Cc2ccccc2C1=C. The molecule has 1 aromatic carbocycles. The van der Waals surface area contributed by atoms with E-state index in [1.165, 1.54) is 11.1 Å². The molecule has 1 unspecified atom stereocenters. The Bertz CT molecular complexity index is 344. The zero-order valence-electron chi connectivity index (χ0n) is 7.83. The van der Waals surface area contributed by atoms with Crippen molar-refractivity contribution in [2.24, 2.45) is 0 Å². The van der Waals surface area contributed by atoms with Crippen LogP contribution >= 0.6 is 0 Å². The number of benzene rings is 1. The zero-order chi connectivity index (χ0) is 9.42. The molecule has 0 aromatic heterocycles. The Balaban J connectivity index is 2.38. The van der Waals surface area contributed by atoms with Crippen LogP contribution in [0.2, 0.25) is 0 Å². The van der Waals surface area contributed by atoms with Crippen LogP contribution in [0.3, 0.4) is 0 Å². The third-order valence-electron chi connectivity index (χ3n) is 2.51. The maximum Gasteiger partial charge on any atom is 0.0986 e. The summed E-state index contributed by atoms with van der Waals surface area (Å²) in [5.74, 6) is 0.0416. The highest BCUT2D eigenvalue weighted by Gasteiger charge is 2.22. The minimum Gasteiger partial charge on any atom is -0.373 e. The van der Waals surface area contributed by atoms with Gasteiger partial charge in [-0.3, -0.25) is 0 Å². The Morgan fingerprint density at radius 2 is 2.15 bits per heavy atom. The average Bonchev–Trinajstić information content (AvgIpc) is 2.45. The third kappa shape index (κ3) is 1.26. The third-order valence-corrected chi connectivity index (χ3v) is 2.51. The van der Waals surface area contributed by atoms with E-state index in [0.29, 0.717) is 0 Å². The van der Waals surface area contributed by atoms with Crippen molar-refractivity contribution in [2.45, 2.75) is 19.4 Å². The molecule has 2 heteroatoms. The van der Waals surface area contributed by atoms with Gasteiger partial charge in [0.25, 0.3) is 0 Å². The molecule has 0 N–H and O–H groups in total. The number of rotatable bonds is 1. The van der Waals surface area contributed by atoms with Gasteiger partial charge in [-0.25, -0.2) is 0 Å². The van der Waals surface area contributed by atoms with Gasteiger partial charge < -0.3 is 4.90 Å². The highest BCUT2D eigenvalue weighted by molar-refractivity contribution is 6.12. The quantitative estimate of drug-likeness (QED) is 0.581. The molecule has 1 heterocycles. The minimum atomic E-state index is 0.0416. The lowest BCUT2D eigenvalue weighted by atomic mass is 9.97. The van der Waals surface area contributed by atoms with Gasteiger partial charge in [0, 0.05) is 17.8 Å². The first-order valence-corrected chi connectivity index (χ1v) is 4.49. The van der Waals surface area contributed by atoms with Crippen molar-refractivity contribution in [1.29, 1.82) is 0 Å². The molecule has 1 aromatic rings. The second-order valence-electron chi connectivity index (χ2n) is 3.47. The highest BCUT2D eigenvalue weighted by atomic mass is 15.2. The zero-order valence-corrected chi connectivity index (χ0v) is 7.83. The first-order chi connectivity index (χ1) is 6.20. The van der Waals surface area contributed by atoms with Gasteiger partial charge in [-0.05, 0) is 11.5 Å². The maximum atomic E-state index is 5.83. The van der Waals surface area contributed by atoms with Crippen LogP contribution in [-0.2, 0) is 6.54 Å². The van der Waals surface area contributed by atoms with E-state index in [2.05, 4.69) is 29.7 Å². The van der Waals surface area contributed by atoms with Gasteiger partial charge in [0.05, 0.1) is 7.85 Å². The predicted molar refractivity (Wildman–Crippen MR) is 56.2 cm³/mol. The molecule has 2 rings (SSSR count). The summed E-state index contributed by atoms with van der Waals surface area (Å²) in [6, 6.07) is 8.31. The Morgan fingerprint density at radius 3 is 2.77 bits per heavy atom. The molecule has 1 nitrogen and oxygen atoms in total. The number of nitrogens with zero attached hydrogens (tertiary/aromatic N) is 1. The molecule has 0 bridgehead atoms. The van der Waals surface area contributed by atoms with Crippen LogP contribution in [0.15, 0.2) is 30.8 Å². The molecule has 1 aliphatic heterocycles. The number of fused-ring (bicyclic) bond motifs is 1. The molecule has 0 fully saturated rings. The van der Waals surface area contributed by atoms with Crippen molar-refractivity contribution in [3.8, 4) is 0 Å². The van der Waals surface area contributed by atoms with Crippen LogP contribution in [0, 0.1) is 0 Å². The topological polar surface area (TPSA) is 3.24 Å². The predicted octanol–water partition coefficient (Wildman–Crippen LogP) is 1.99. The lowest BCUT2D eigenvalue weighted by molar-refractivity contribution is 0.397. The fourth-order valence-corrected chi connectivity index (χ4v) is 1.76. The van der Waals surface area contributed by atoms with Crippen LogP contribution in [0.5, 0.6) is 0 Å². The van der Waals surface area contributed by atoms with E-state index >= 15 is 0 Å². The van der Waals surface area contributed by atoms with E-state index < -0.39 is 0 Å². The summed E-state index contributed by atoms with van der Waals surface area (Å²) in [4.78, 5) is 2.12. The summed E-state index contributed by atoms with van der Waals surface area (Å²) in [7, 11) is 5.83. The van der Waals surface area contributed by atoms with E-state index in [9.17, 15) is 0 Å². The average molecular weight is 169 g/mol. The van der Waals surface area contributed by atoms with Crippen LogP contribution in [0.25, 0.3) is 5.70 Å². The van der Waals surface area contributed by atoms with Gasteiger partial charge in [0.1, 0.15) is 0 Å². The molecule has 0 aliphatic carbocycles. The summed E-state index contributed by atoms with van der Waals surface area (Å²) in [6.45, 7) is 6.92. The second-order valence-corrected chi connectivity index (χ2v) is 3.47. The summed E-state index contributed by atoms with van der Waals surface area (Å²) >= 11 is 0. The molecule has 0 saturated heterocycles. The maximum absolute atomic E-state index is 5.83. The van der Waals surface area contributed by atoms with Crippen molar-refractivity contribution in [3.63, 3.8) is 0 Å². The molecule has 1 aliphatic rings. The Labute approximate surface area is 80.5 Å². The van der Waals surface area contributed by atoms with Gasteiger partial charge in [-0.2, -0.15) is 0 Å². The molecule has 0 amide bonds. The highest BCUT2D eigenvalue weighted by Crippen LogP contribution is 2.31. The Kier molecular flexibility index (Phi) is 1.91. The van der Waals surface area contributed by atoms with Gasteiger partial charge in [0.2, 0.25) is 0 Å². The van der Waals surface area contributed by atoms with Crippen molar-refractivity contribution in [3.05, 3.63) is 42.0 Å². The summed E-state index contributed by atoms with van der Waals surface area (Å²) < 4.78 is 0. The molecule has 0 saturated carbocycles. The fraction of sp³-hybridized carbons (Fsp3) is 0.273. The van der Waals surface area contributed by atoms with E-state index in [0.717, 1.165) is 12.2 Å². The fourth-order valence-electron chi connectivity index (χ4n) is 1.76. The van der Waals surface area contributed by atoms with Crippen LogP contribution in [0.1, 0.15) is 18.1 Å². The van der Waals surface area contributed by atoms with E-state index in [1.54, 1.807) is 0 Å². The first kappa shape index (κ1) is 8.42. The largest absolute Gasteiger partial charge is 0.373 e. The second kappa shape index (κ2) is 2.95.